The Labute approximate surface area is 121 Å². The molecular formula is C11H18ClN7O. The van der Waals surface area contributed by atoms with Gasteiger partial charge >= 0.3 is 0 Å². The molecule has 0 aliphatic carbocycles. The highest BCUT2D eigenvalue weighted by Crippen LogP contribution is 2.17. The first-order valence-corrected chi connectivity index (χ1v) is 6.46. The van der Waals surface area contributed by atoms with Gasteiger partial charge in [0.2, 0.25) is 0 Å². The Bertz CT molecular complexity index is 532. The summed E-state index contributed by atoms with van der Waals surface area (Å²) >= 11 is 5.70. The first kappa shape index (κ1) is 16.0. The number of hydrogen-bond donors (Lipinski definition) is 4. The predicted octanol–water partition coefficient (Wildman–Crippen LogP) is 0.528. The van der Waals surface area contributed by atoms with E-state index < -0.39 is 5.91 Å². The number of aromatic nitrogens is 2. The van der Waals surface area contributed by atoms with E-state index in [1.807, 2.05) is 13.8 Å². The van der Waals surface area contributed by atoms with E-state index in [9.17, 15) is 4.79 Å². The summed E-state index contributed by atoms with van der Waals surface area (Å²) in [5, 5.41) is 2.28. The van der Waals surface area contributed by atoms with Crippen molar-refractivity contribution in [1.29, 1.82) is 0 Å². The molecule has 0 bridgehead atoms. The van der Waals surface area contributed by atoms with Gasteiger partial charge in [-0.1, -0.05) is 24.9 Å². The summed E-state index contributed by atoms with van der Waals surface area (Å²) in [6.45, 7) is 3.93. The lowest BCUT2D eigenvalue weighted by Gasteiger charge is -2.09. The van der Waals surface area contributed by atoms with E-state index in [1.165, 1.54) is 0 Å². The molecule has 0 fully saturated rings. The van der Waals surface area contributed by atoms with Crippen LogP contribution in [0, 0.1) is 0 Å². The number of nitrogens with zero attached hydrogens (tertiary/aromatic N) is 3. The Morgan fingerprint density at radius 1 is 1.40 bits per heavy atom. The highest BCUT2D eigenvalue weighted by Gasteiger charge is 2.16. The van der Waals surface area contributed by atoms with Crippen molar-refractivity contribution in [2.45, 2.75) is 32.7 Å². The number of nitrogen functional groups attached to an aromatic ring is 2. The maximum atomic E-state index is 11.9. The van der Waals surface area contributed by atoms with Crippen LogP contribution in [-0.4, -0.2) is 27.9 Å². The minimum atomic E-state index is -0.637. The van der Waals surface area contributed by atoms with Gasteiger partial charge in [0, 0.05) is 0 Å². The van der Waals surface area contributed by atoms with Crippen molar-refractivity contribution in [1.82, 2.24) is 15.3 Å². The summed E-state index contributed by atoms with van der Waals surface area (Å²) in [5.41, 5.74) is 16.5. The first-order chi connectivity index (χ1) is 9.35. The van der Waals surface area contributed by atoms with Crippen LogP contribution in [0.2, 0.25) is 5.15 Å². The molecule has 7 N–H and O–H groups in total. The van der Waals surface area contributed by atoms with Crippen LogP contribution < -0.4 is 22.5 Å². The molecule has 1 unspecified atom stereocenters. The van der Waals surface area contributed by atoms with Gasteiger partial charge in [-0.3, -0.25) is 15.1 Å². The van der Waals surface area contributed by atoms with Crippen LogP contribution in [0.5, 0.6) is 0 Å². The topological polar surface area (TPSA) is 145 Å². The number of hydrogen-bond acceptors (Lipinski definition) is 6. The molecule has 0 aliphatic rings. The van der Waals surface area contributed by atoms with Gasteiger partial charge in [-0.15, -0.1) is 0 Å². The third kappa shape index (κ3) is 4.23. The fourth-order valence-electron chi connectivity index (χ4n) is 1.54. The highest BCUT2D eigenvalue weighted by molar-refractivity contribution is 6.31. The summed E-state index contributed by atoms with van der Waals surface area (Å²) in [4.78, 5) is 23.5. The third-order valence-corrected chi connectivity index (χ3v) is 2.71. The van der Waals surface area contributed by atoms with Crippen LogP contribution in [0.4, 0.5) is 11.6 Å². The number of anilines is 2. The van der Waals surface area contributed by atoms with Crippen LogP contribution >= 0.6 is 11.6 Å². The van der Waals surface area contributed by atoms with Crippen molar-refractivity contribution in [2.75, 3.05) is 11.5 Å². The zero-order valence-corrected chi connectivity index (χ0v) is 12.1. The van der Waals surface area contributed by atoms with Gasteiger partial charge in [0.15, 0.2) is 28.4 Å². The molecule has 1 rings (SSSR count). The molecule has 1 aromatic heterocycles. The molecule has 1 aromatic rings. The van der Waals surface area contributed by atoms with Crippen LogP contribution in [0.3, 0.4) is 0 Å². The Balaban J connectivity index is 2.84. The number of carbonyl (C=O) groups is 1. The second-order valence-electron chi connectivity index (χ2n) is 4.24. The van der Waals surface area contributed by atoms with Crippen LogP contribution in [0.15, 0.2) is 4.99 Å². The van der Waals surface area contributed by atoms with Crippen molar-refractivity contribution in [2.24, 2.45) is 10.7 Å². The van der Waals surface area contributed by atoms with E-state index in [0.717, 1.165) is 12.8 Å². The summed E-state index contributed by atoms with van der Waals surface area (Å²) in [6.07, 6.45) is 1.84. The Morgan fingerprint density at radius 2 is 2.05 bits per heavy atom. The van der Waals surface area contributed by atoms with Crippen molar-refractivity contribution in [3.8, 4) is 0 Å². The maximum Gasteiger partial charge on any atom is 0.280 e. The van der Waals surface area contributed by atoms with E-state index >= 15 is 0 Å². The lowest BCUT2D eigenvalue weighted by Crippen LogP contribution is -2.38. The van der Waals surface area contributed by atoms with Gasteiger partial charge in [-0.05, 0) is 13.3 Å². The van der Waals surface area contributed by atoms with Crippen molar-refractivity contribution in [3.05, 3.63) is 10.8 Å². The van der Waals surface area contributed by atoms with Gasteiger partial charge in [0.05, 0.1) is 6.04 Å². The fourth-order valence-corrected chi connectivity index (χ4v) is 1.66. The van der Waals surface area contributed by atoms with Gasteiger partial charge < -0.3 is 17.2 Å². The lowest BCUT2D eigenvalue weighted by molar-refractivity contribution is 0.0972. The zero-order chi connectivity index (χ0) is 15.3. The molecule has 0 saturated heterocycles. The molecule has 8 nitrogen and oxygen atoms in total. The number of rotatable bonds is 4. The summed E-state index contributed by atoms with van der Waals surface area (Å²) < 4.78 is 0. The molecule has 0 spiro atoms. The van der Waals surface area contributed by atoms with Gasteiger partial charge in [-0.2, -0.15) is 0 Å². The average Bonchev–Trinajstić information content (AvgIpc) is 2.33. The van der Waals surface area contributed by atoms with Crippen molar-refractivity contribution >= 4 is 35.1 Å². The van der Waals surface area contributed by atoms with E-state index in [-0.39, 0.29) is 34.5 Å². The van der Waals surface area contributed by atoms with E-state index in [4.69, 9.17) is 28.8 Å². The molecule has 1 heterocycles. The molecule has 110 valence electrons. The zero-order valence-electron chi connectivity index (χ0n) is 11.4. The number of carbonyl (C=O) groups excluding carboxylic acids is 1. The largest absolute Gasteiger partial charge is 0.382 e. The Hall–Kier alpha value is -2.09. The van der Waals surface area contributed by atoms with Crippen LogP contribution in [0.1, 0.15) is 37.2 Å². The first-order valence-electron chi connectivity index (χ1n) is 6.08. The normalized spacial score (nSPS) is 13.1. The highest BCUT2D eigenvalue weighted by atomic mass is 35.5. The number of nitrogens with one attached hydrogen (secondary N) is 1. The summed E-state index contributed by atoms with van der Waals surface area (Å²) in [6, 6.07) is 0.0127. The van der Waals surface area contributed by atoms with Crippen molar-refractivity contribution < 1.29 is 4.79 Å². The maximum absolute atomic E-state index is 11.9. The number of guanidine groups is 1. The minimum absolute atomic E-state index is 0.00917. The molecule has 0 aliphatic heterocycles. The standard InChI is InChI=1S/C11H18ClN7O/c1-3-4-5(2)16-11(15)19-10(20)6-8(13)18-9(14)7(12)17-6/h5H,3-4H2,1-2H3,(H4,13,14,18)(H3,15,16,19,20). The second kappa shape index (κ2) is 6.90. The van der Waals surface area contributed by atoms with E-state index in [1.54, 1.807) is 0 Å². The predicted molar refractivity (Wildman–Crippen MR) is 79.3 cm³/mol. The minimum Gasteiger partial charge on any atom is -0.382 e. The smallest absolute Gasteiger partial charge is 0.280 e. The van der Waals surface area contributed by atoms with Crippen LogP contribution in [-0.2, 0) is 0 Å². The molecular weight excluding hydrogens is 282 g/mol. The number of nitrogens with two attached hydrogens (primary N) is 3. The molecule has 0 aromatic carbocycles. The number of aliphatic imine (C=N–C) groups is 1. The SMILES string of the molecule is CCCC(C)N=C(N)NC(=O)c1nc(Cl)c(N)nc1N. The van der Waals surface area contributed by atoms with Gasteiger partial charge in [0.25, 0.3) is 5.91 Å². The molecule has 20 heavy (non-hydrogen) atoms. The quantitative estimate of drug-likeness (QED) is 0.471. The monoisotopic (exact) mass is 299 g/mol. The summed E-state index contributed by atoms with van der Waals surface area (Å²) in [7, 11) is 0. The second-order valence-corrected chi connectivity index (χ2v) is 4.60. The van der Waals surface area contributed by atoms with Crippen molar-refractivity contribution in [3.63, 3.8) is 0 Å². The van der Waals surface area contributed by atoms with E-state index in [0.29, 0.717) is 0 Å². The average molecular weight is 300 g/mol. The summed E-state index contributed by atoms with van der Waals surface area (Å²) in [5.74, 6) is -0.815. The molecule has 9 heteroatoms. The molecule has 0 radical (unpaired) electrons. The molecule has 1 atom stereocenters. The van der Waals surface area contributed by atoms with Gasteiger partial charge in [-0.25, -0.2) is 9.97 Å². The fraction of sp³-hybridized carbons (Fsp3) is 0.455. The number of halogens is 1. The van der Waals surface area contributed by atoms with Crippen LogP contribution in [0.25, 0.3) is 0 Å². The van der Waals surface area contributed by atoms with Gasteiger partial charge in [0.1, 0.15) is 0 Å². The Kier molecular flexibility index (Phi) is 5.51. The molecule has 0 saturated carbocycles. The lowest BCUT2D eigenvalue weighted by atomic mass is 10.2. The van der Waals surface area contributed by atoms with E-state index in [2.05, 4.69) is 20.3 Å². The third-order valence-electron chi connectivity index (χ3n) is 2.43. The number of amides is 1. The molecule has 1 amide bonds. The Morgan fingerprint density at radius 3 is 2.65 bits per heavy atom.